The minimum atomic E-state index is 0.121. The van der Waals surface area contributed by atoms with Crippen molar-refractivity contribution in [3.8, 4) is 0 Å². The van der Waals surface area contributed by atoms with Gasteiger partial charge in [-0.25, -0.2) is 0 Å². The van der Waals surface area contributed by atoms with E-state index >= 15 is 0 Å². The molecule has 2 rings (SSSR count). The molecule has 0 heterocycles. The number of rotatable bonds is 8. The fraction of sp³-hybridized carbons (Fsp3) is 0.316. The zero-order valence-corrected chi connectivity index (χ0v) is 13.2. The SMILES string of the molecule is CN(CCC(=O)NCCc1ccccc1)Cc1ccccc1. The van der Waals surface area contributed by atoms with E-state index in [1.807, 2.05) is 43.4 Å². The average Bonchev–Trinajstić information content (AvgIpc) is 2.55. The zero-order valence-electron chi connectivity index (χ0n) is 13.2. The van der Waals surface area contributed by atoms with E-state index in [0.717, 1.165) is 19.5 Å². The summed E-state index contributed by atoms with van der Waals surface area (Å²) in [7, 11) is 2.05. The van der Waals surface area contributed by atoms with Crippen molar-refractivity contribution in [1.29, 1.82) is 0 Å². The lowest BCUT2D eigenvalue weighted by Gasteiger charge is -2.16. The minimum absolute atomic E-state index is 0.121. The van der Waals surface area contributed by atoms with Gasteiger partial charge in [0, 0.05) is 26.1 Å². The zero-order chi connectivity index (χ0) is 15.6. The van der Waals surface area contributed by atoms with E-state index in [2.05, 4.69) is 34.5 Å². The van der Waals surface area contributed by atoms with Gasteiger partial charge in [-0.2, -0.15) is 0 Å². The Morgan fingerprint density at radius 3 is 2.18 bits per heavy atom. The van der Waals surface area contributed by atoms with Gasteiger partial charge >= 0.3 is 0 Å². The fourth-order valence-electron chi connectivity index (χ4n) is 2.35. The Bertz CT molecular complexity index is 554. The molecule has 0 radical (unpaired) electrons. The van der Waals surface area contributed by atoms with Gasteiger partial charge in [0.25, 0.3) is 0 Å². The number of nitrogens with zero attached hydrogens (tertiary/aromatic N) is 1. The van der Waals surface area contributed by atoms with Crippen molar-refractivity contribution in [1.82, 2.24) is 10.2 Å². The lowest BCUT2D eigenvalue weighted by Crippen LogP contribution is -2.30. The van der Waals surface area contributed by atoms with Gasteiger partial charge in [-0.3, -0.25) is 4.79 Å². The lowest BCUT2D eigenvalue weighted by atomic mass is 10.1. The van der Waals surface area contributed by atoms with Crippen molar-refractivity contribution in [2.24, 2.45) is 0 Å². The molecule has 0 atom stereocenters. The summed E-state index contributed by atoms with van der Waals surface area (Å²) in [5.74, 6) is 0.121. The number of benzene rings is 2. The number of hydrogen-bond donors (Lipinski definition) is 1. The first-order valence-electron chi connectivity index (χ1n) is 7.77. The van der Waals surface area contributed by atoms with Crippen LogP contribution in [0.5, 0.6) is 0 Å². The van der Waals surface area contributed by atoms with Gasteiger partial charge in [-0.1, -0.05) is 60.7 Å². The van der Waals surface area contributed by atoms with Gasteiger partial charge in [-0.05, 0) is 24.6 Å². The van der Waals surface area contributed by atoms with E-state index in [0.29, 0.717) is 13.0 Å². The van der Waals surface area contributed by atoms with E-state index in [1.165, 1.54) is 11.1 Å². The fourth-order valence-corrected chi connectivity index (χ4v) is 2.35. The first-order chi connectivity index (χ1) is 10.7. The average molecular weight is 296 g/mol. The van der Waals surface area contributed by atoms with Crippen LogP contribution in [0.2, 0.25) is 0 Å². The van der Waals surface area contributed by atoms with Crippen molar-refractivity contribution < 1.29 is 4.79 Å². The van der Waals surface area contributed by atoms with Gasteiger partial charge in [0.2, 0.25) is 5.91 Å². The number of carbonyl (C=O) groups excluding carboxylic acids is 1. The van der Waals surface area contributed by atoms with Gasteiger partial charge in [-0.15, -0.1) is 0 Å². The second-order valence-corrected chi connectivity index (χ2v) is 5.56. The van der Waals surface area contributed by atoms with E-state index in [-0.39, 0.29) is 5.91 Å². The third kappa shape index (κ3) is 6.10. The van der Waals surface area contributed by atoms with Crippen LogP contribution in [-0.4, -0.2) is 30.9 Å². The van der Waals surface area contributed by atoms with Crippen LogP contribution in [0.15, 0.2) is 60.7 Å². The number of hydrogen-bond acceptors (Lipinski definition) is 2. The summed E-state index contributed by atoms with van der Waals surface area (Å²) in [6.07, 6.45) is 1.42. The summed E-state index contributed by atoms with van der Waals surface area (Å²) in [6.45, 7) is 2.34. The van der Waals surface area contributed by atoms with Crippen molar-refractivity contribution in [2.75, 3.05) is 20.1 Å². The molecule has 22 heavy (non-hydrogen) atoms. The highest BCUT2D eigenvalue weighted by Crippen LogP contribution is 2.03. The van der Waals surface area contributed by atoms with Gasteiger partial charge in [0.15, 0.2) is 0 Å². The molecule has 1 amide bonds. The standard InChI is InChI=1S/C19H24N2O/c1-21(16-18-10-6-3-7-11-18)15-13-19(22)20-14-12-17-8-4-2-5-9-17/h2-11H,12-16H2,1H3,(H,20,22). The van der Waals surface area contributed by atoms with Gasteiger partial charge < -0.3 is 10.2 Å². The van der Waals surface area contributed by atoms with Crippen LogP contribution in [-0.2, 0) is 17.8 Å². The molecule has 2 aromatic rings. The van der Waals surface area contributed by atoms with Gasteiger partial charge in [0.05, 0.1) is 0 Å². The molecule has 0 aliphatic rings. The number of carbonyl (C=O) groups is 1. The Morgan fingerprint density at radius 1 is 0.955 bits per heavy atom. The monoisotopic (exact) mass is 296 g/mol. The summed E-state index contributed by atoms with van der Waals surface area (Å²) in [5.41, 5.74) is 2.53. The molecular weight excluding hydrogens is 272 g/mol. The molecule has 0 aliphatic heterocycles. The molecule has 0 aromatic heterocycles. The highest BCUT2D eigenvalue weighted by atomic mass is 16.1. The van der Waals surface area contributed by atoms with E-state index in [9.17, 15) is 4.79 Å². The molecule has 2 aromatic carbocycles. The second kappa shape index (κ2) is 9.00. The Labute approximate surface area is 133 Å². The van der Waals surface area contributed by atoms with Crippen LogP contribution in [0, 0.1) is 0 Å². The molecule has 0 unspecified atom stereocenters. The second-order valence-electron chi connectivity index (χ2n) is 5.56. The predicted molar refractivity (Wildman–Crippen MR) is 90.5 cm³/mol. The molecular formula is C19H24N2O. The van der Waals surface area contributed by atoms with E-state index in [4.69, 9.17) is 0 Å². The molecule has 3 heteroatoms. The van der Waals surface area contributed by atoms with Crippen LogP contribution in [0.25, 0.3) is 0 Å². The number of amides is 1. The predicted octanol–water partition coefficient (Wildman–Crippen LogP) is 2.87. The molecule has 116 valence electrons. The third-order valence-corrected chi connectivity index (χ3v) is 3.59. The van der Waals surface area contributed by atoms with Crippen LogP contribution in [0.3, 0.4) is 0 Å². The minimum Gasteiger partial charge on any atom is -0.356 e. The Kier molecular flexibility index (Phi) is 6.65. The molecule has 0 bridgehead atoms. The van der Waals surface area contributed by atoms with Crippen LogP contribution in [0.1, 0.15) is 17.5 Å². The quantitative estimate of drug-likeness (QED) is 0.812. The first-order valence-corrected chi connectivity index (χ1v) is 7.77. The maximum Gasteiger partial charge on any atom is 0.221 e. The topological polar surface area (TPSA) is 32.3 Å². The van der Waals surface area contributed by atoms with Crippen LogP contribution < -0.4 is 5.32 Å². The third-order valence-electron chi connectivity index (χ3n) is 3.59. The summed E-state index contributed by atoms with van der Waals surface area (Å²) < 4.78 is 0. The highest BCUT2D eigenvalue weighted by Gasteiger charge is 2.05. The molecule has 0 spiro atoms. The summed E-state index contributed by atoms with van der Waals surface area (Å²) in [5, 5.41) is 2.98. The molecule has 0 aliphatic carbocycles. The normalized spacial score (nSPS) is 10.6. The first kappa shape index (κ1) is 16.2. The van der Waals surface area contributed by atoms with Crippen LogP contribution in [0.4, 0.5) is 0 Å². The summed E-state index contributed by atoms with van der Waals surface area (Å²) in [6, 6.07) is 20.5. The number of nitrogens with one attached hydrogen (secondary N) is 1. The van der Waals surface area contributed by atoms with Crippen molar-refractivity contribution in [3.63, 3.8) is 0 Å². The molecule has 1 N–H and O–H groups in total. The Morgan fingerprint density at radius 2 is 1.55 bits per heavy atom. The summed E-state index contributed by atoms with van der Waals surface area (Å²) in [4.78, 5) is 14.0. The Balaban J connectivity index is 1.61. The van der Waals surface area contributed by atoms with E-state index < -0.39 is 0 Å². The molecule has 3 nitrogen and oxygen atoms in total. The largest absolute Gasteiger partial charge is 0.356 e. The van der Waals surface area contributed by atoms with Crippen molar-refractivity contribution >= 4 is 5.91 Å². The molecule has 0 saturated heterocycles. The molecule has 0 fully saturated rings. The maximum atomic E-state index is 11.9. The van der Waals surface area contributed by atoms with Crippen LogP contribution >= 0.6 is 0 Å². The van der Waals surface area contributed by atoms with Gasteiger partial charge in [0.1, 0.15) is 0 Å². The van der Waals surface area contributed by atoms with Crippen molar-refractivity contribution in [3.05, 3.63) is 71.8 Å². The Hall–Kier alpha value is -2.13. The van der Waals surface area contributed by atoms with E-state index in [1.54, 1.807) is 0 Å². The smallest absolute Gasteiger partial charge is 0.221 e. The summed E-state index contributed by atoms with van der Waals surface area (Å²) >= 11 is 0. The van der Waals surface area contributed by atoms with Crippen molar-refractivity contribution in [2.45, 2.75) is 19.4 Å². The lowest BCUT2D eigenvalue weighted by molar-refractivity contribution is -0.121. The molecule has 0 saturated carbocycles. The maximum absolute atomic E-state index is 11.9. The highest BCUT2D eigenvalue weighted by molar-refractivity contribution is 5.76.